The molecule has 33 heavy (non-hydrogen) atoms. The van der Waals surface area contributed by atoms with Crippen molar-refractivity contribution in [2.24, 2.45) is 10.9 Å². The fourth-order valence-electron chi connectivity index (χ4n) is 4.22. The molecule has 0 aliphatic carbocycles. The van der Waals surface area contributed by atoms with Crippen molar-refractivity contribution in [1.29, 1.82) is 0 Å². The van der Waals surface area contributed by atoms with Gasteiger partial charge >= 0.3 is 0 Å². The number of benzene rings is 3. The zero-order chi connectivity index (χ0) is 23.4. The van der Waals surface area contributed by atoms with Crippen LogP contribution in [0.5, 0.6) is 0 Å². The van der Waals surface area contributed by atoms with E-state index in [2.05, 4.69) is 10.1 Å². The van der Waals surface area contributed by atoms with Gasteiger partial charge in [0.15, 0.2) is 15.7 Å². The smallest absolute Gasteiger partial charge is 0.176 e. The topological polar surface area (TPSA) is 96.0 Å². The summed E-state index contributed by atoms with van der Waals surface area (Å²) >= 11 is 1.97. The van der Waals surface area contributed by atoms with E-state index in [9.17, 15) is 8.42 Å². The lowest BCUT2D eigenvalue weighted by molar-refractivity contribution is 0.318. The van der Waals surface area contributed by atoms with Crippen LogP contribution in [-0.2, 0) is 9.84 Å². The first-order valence-electron chi connectivity index (χ1n) is 10.7. The maximum absolute atomic E-state index is 12.3. The predicted molar refractivity (Wildman–Crippen MR) is 136 cm³/mol. The van der Waals surface area contributed by atoms with E-state index in [4.69, 9.17) is 10.9 Å². The molecule has 0 amide bonds. The molecule has 3 aromatic carbocycles. The Labute approximate surface area is 199 Å². The lowest BCUT2D eigenvalue weighted by Gasteiger charge is -2.36. The van der Waals surface area contributed by atoms with Crippen LogP contribution in [0.1, 0.15) is 18.4 Å². The summed E-state index contributed by atoms with van der Waals surface area (Å²) in [7, 11) is -3.34. The van der Waals surface area contributed by atoms with Crippen molar-refractivity contribution in [3.05, 3.63) is 78.4 Å². The molecule has 1 fully saturated rings. The van der Waals surface area contributed by atoms with E-state index in [0.29, 0.717) is 22.1 Å². The molecule has 0 bridgehead atoms. The van der Waals surface area contributed by atoms with Crippen molar-refractivity contribution in [1.82, 2.24) is 0 Å². The number of amidine groups is 1. The summed E-state index contributed by atoms with van der Waals surface area (Å²) < 4.78 is 24.5. The minimum atomic E-state index is -3.34. The molecule has 1 saturated heterocycles. The van der Waals surface area contributed by atoms with Crippen LogP contribution in [0.2, 0.25) is 0 Å². The Bertz CT molecular complexity index is 1250. The molecule has 3 aromatic rings. The van der Waals surface area contributed by atoms with Gasteiger partial charge in [-0.3, -0.25) is 0 Å². The van der Waals surface area contributed by atoms with E-state index in [1.54, 1.807) is 12.1 Å². The van der Waals surface area contributed by atoms with Crippen LogP contribution in [-0.4, -0.2) is 43.3 Å². The Hall–Kier alpha value is -2.97. The molecule has 1 aliphatic rings. The maximum Gasteiger partial charge on any atom is 0.176 e. The van der Waals surface area contributed by atoms with Crippen molar-refractivity contribution < 1.29 is 13.6 Å². The highest BCUT2D eigenvalue weighted by molar-refractivity contribution is 7.99. The Morgan fingerprint density at radius 2 is 1.70 bits per heavy atom. The van der Waals surface area contributed by atoms with Gasteiger partial charge in [-0.2, -0.15) is 11.8 Å². The molecule has 0 unspecified atom stereocenters. The third kappa shape index (κ3) is 5.17. The second-order valence-corrected chi connectivity index (χ2v) is 11.3. The van der Waals surface area contributed by atoms with E-state index in [1.165, 1.54) is 6.26 Å². The lowest BCUT2D eigenvalue weighted by Crippen LogP contribution is -2.34. The van der Waals surface area contributed by atoms with Crippen molar-refractivity contribution in [2.75, 3.05) is 22.7 Å². The van der Waals surface area contributed by atoms with Gasteiger partial charge in [0.1, 0.15) is 0 Å². The standard InChI is InChI=1S/C25H27N3O3S2/c1-33(30,31)24-8-3-2-7-23(24)18-9-11-20(12-10-18)28(21-13-15-32-16-14-21)22-6-4-5-19(17-22)25(26)27-29/h2-12,17,21,29H,13-16H2,1H3,(H2,26,27). The van der Waals surface area contributed by atoms with Gasteiger partial charge in [-0.15, -0.1) is 0 Å². The fourth-order valence-corrected chi connectivity index (χ4v) is 6.21. The van der Waals surface area contributed by atoms with E-state index in [1.807, 2.05) is 72.4 Å². The number of thioether (sulfide) groups is 1. The first-order valence-corrected chi connectivity index (χ1v) is 13.8. The first-order chi connectivity index (χ1) is 15.9. The Balaban J connectivity index is 1.75. The van der Waals surface area contributed by atoms with Gasteiger partial charge in [-0.1, -0.05) is 47.6 Å². The quantitative estimate of drug-likeness (QED) is 0.225. The van der Waals surface area contributed by atoms with Crippen LogP contribution in [0.15, 0.2) is 82.8 Å². The normalized spacial score (nSPS) is 15.4. The highest BCUT2D eigenvalue weighted by Crippen LogP contribution is 2.36. The largest absolute Gasteiger partial charge is 0.409 e. The summed E-state index contributed by atoms with van der Waals surface area (Å²) in [6.45, 7) is 0. The van der Waals surface area contributed by atoms with E-state index in [0.717, 1.165) is 41.3 Å². The Morgan fingerprint density at radius 3 is 2.36 bits per heavy atom. The van der Waals surface area contributed by atoms with E-state index < -0.39 is 9.84 Å². The first kappa shape index (κ1) is 23.2. The molecule has 4 rings (SSSR count). The molecule has 0 radical (unpaired) electrons. The SMILES string of the molecule is CS(=O)(=O)c1ccccc1-c1ccc(N(c2cccc(/C(N)=N/O)c2)C2CCSCC2)cc1. The zero-order valence-electron chi connectivity index (χ0n) is 18.4. The summed E-state index contributed by atoms with van der Waals surface area (Å²) in [6.07, 6.45) is 3.34. The van der Waals surface area contributed by atoms with Crippen LogP contribution in [0.25, 0.3) is 11.1 Å². The zero-order valence-corrected chi connectivity index (χ0v) is 20.0. The molecular formula is C25H27N3O3S2. The van der Waals surface area contributed by atoms with Gasteiger partial charge in [0.05, 0.1) is 4.90 Å². The number of rotatable bonds is 6. The third-order valence-electron chi connectivity index (χ3n) is 5.83. The van der Waals surface area contributed by atoms with Crippen LogP contribution in [0.4, 0.5) is 11.4 Å². The molecule has 1 heterocycles. The molecule has 0 atom stereocenters. The van der Waals surface area contributed by atoms with Gasteiger partial charge in [-0.25, -0.2) is 8.42 Å². The van der Waals surface area contributed by atoms with Gasteiger partial charge in [0.2, 0.25) is 0 Å². The number of nitrogens with two attached hydrogens (primary N) is 1. The van der Waals surface area contributed by atoms with Crippen molar-refractivity contribution >= 4 is 38.8 Å². The molecule has 0 aromatic heterocycles. The summed E-state index contributed by atoms with van der Waals surface area (Å²) in [6, 6.07) is 23.1. The molecule has 8 heteroatoms. The monoisotopic (exact) mass is 481 g/mol. The lowest BCUT2D eigenvalue weighted by atomic mass is 10.0. The van der Waals surface area contributed by atoms with E-state index in [-0.39, 0.29) is 5.84 Å². The Morgan fingerprint density at radius 1 is 1.00 bits per heavy atom. The maximum atomic E-state index is 12.3. The number of hydrogen-bond acceptors (Lipinski definition) is 6. The van der Waals surface area contributed by atoms with E-state index >= 15 is 0 Å². The van der Waals surface area contributed by atoms with Crippen molar-refractivity contribution in [3.8, 4) is 11.1 Å². The average Bonchev–Trinajstić information content (AvgIpc) is 2.84. The number of nitrogens with zero attached hydrogens (tertiary/aromatic N) is 2. The van der Waals surface area contributed by atoms with Crippen LogP contribution in [0.3, 0.4) is 0 Å². The molecule has 0 saturated carbocycles. The van der Waals surface area contributed by atoms with Gasteiger partial charge in [0.25, 0.3) is 0 Å². The number of hydrogen-bond donors (Lipinski definition) is 2. The molecule has 3 N–H and O–H groups in total. The second-order valence-electron chi connectivity index (χ2n) is 8.06. The average molecular weight is 482 g/mol. The van der Waals surface area contributed by atoms with Gasteiger partial charge < -0.3 is 15.8 Å². The molecule has 172 valence electrons. The van der Waals surface area contributed by atoms with Crippen LogP contribution in [0, 0.1) is 0 Å². The minimum Gasteiger partial charge on any atom is -0.409 e. The van der Waals surface area contributed by atoms with Gasteiger partial charge in [-0.05, 0) is 60.2 Å². The number of anilines is 2. The van der Waals surface area contributed by atoms with Crippen LogP contribution < -0.4 is 10.6 Å². The predicted octanol–water partition coefficient (Wildman–Crippen LogP) is 4.89. The van der Waals surface area contributed by atoms with Crippen molar-refractivity contribution in [2.45, 2.75) is 23.8 Å². The fraction of sp³-hybridized carbons (Fsp3) is 0.240. The van der Waals surface area contributed by atoms with Gasteiger partial charge in [0, 0.05) is 34.8 Å². The van der Waals surface area contributed by atoms with Crippen LogP contribution >= 0.6 is 11.8 Å². The molecule has 0 spiro atoms. The van der Waals surface area contributed by atoms with Crippen molar-refractivity contribution in [3.63, 3.8) is 0 Å². The number of sulfone groups is 1. The molecular weight excluding hydrogens is 454 g/mol. The summed E-state index contributed by atoms with van der Waals surface area (Å²) in [4.78, 5) is 2.63. The summed E-state index contributed by atoms with van der Waals surface area (Å²) in [5, 5.41) is 12.2. The highest BCUT2D eigenvalue weighted by Gasteiger charge is 2.24. The third-order valence-corrected chi connectivity index (χ3v) is 8.03. The Kier molecular flexibility index (Phi) is 6.95. The molecule has 6 nitrogen and oxygen atoms in total. The summed E-state index contributed by atoms with van der Waals surface area (Å²) in [5.41, 5.74) is 10.0. The minimum absolute atomic E-state index is 0.0729. The number of oxime groups is 1. The molecule has 1 aliphatic heterocycles. The highest BCUT2D eigenvalue weighted by atomic mass is 32.2. The second kappa shape index (κ2) is 9.89. The summed E-state index contributed by atoms with van der Waals surface area (Å²) in [5.74, 6) is 2.27.